The van der Waals surface area contributed by atoms with Gasteiger partial charge in [0.1, 0.15) is 11.3 Å². The normalized spacial score (nSPS) is 11.2. The second-order valence-electron chi connectivity index (χ2n) is 12.6. The van der Waals surface area contributed by atoms with Crippen molar-refractivity contribution in [2.75, 3.05) is 4.90 Å². The number of hydrogen-bond acceptors (Lipinski definition) is 2. The Labute approximate surface area is 292 Å². The molecule has 1 aromatic heterocycles. The number of furan rings is 1. The Hall–Kier alpha value is -6.64. The molecule has 0 aliphatic rings. The maximum atomic E-state index is 6.25. The van der Waals surface area contributed by atoms with E-state index in [1.165, 1.54) is 33.0 Å². The summed E-state index contributed by atoms with van der Waals surface area (Å²) in [6.45, 7) is 0. The molecule has 0 atom stereocenters. The number of benzene rings is 8. The lowest BCUT2D eigenvalue weighted by atomic mass is 9.96. The zero-order valence-corrected chi connectivity index (χ0v) is 27.4. The average Bonchev–Trinajstić information content (AvgIpc) is 3.63. The molecule has 50 heavy (non-hydrogen) atoms. The van der Waals surface area contributed by atoms with E-state index in [2.05, 4.69) is 187 Å². The topological polar surface area (TPSA) is 16.4 Å². The number of para-hydroxylation sites is 1. The highest BCUT2D eigenvalue weighted by atomic mass is 16.3. The lowest BCUT2D eigenvalue weighted by molar-refractivity contribution is 0.632. The van der Waals surface area contributed by atoms with Gasteiger partial charge in [-0.25, -0.2) is 0 Å². The predicted octanol–water partition coefficient (Wildman–Crippen LogP) is 13.7. The third kappa shape index (κ3) is 5.63. The first-order valence-electron chi connectivity index (χ1n) is 17.0. The van der Waals surface area contributed by atoms with Gasteiger partial charge in [0, 0.05) is 28.0 Å². The second kappa shape index (κ2) is 12.8. The molecule has 0 saturated carbocycles. The van der Waals surface area contributed by atoms with Gasteiger partial charge < -0.3 is 9.32 Å². The molecule has 8 aromatic carbocycles. The number of hydrogen-bond donors (Lipinski definition) is 0. The van der Waals surface area contributed by atoms with Crippen LogP contribution in [0, 0.1) is 0 Å². The molecular weight excluding hydrogens is 607 g/mol. The van der Waals surface area contributed by atoms with Crippen molar-refractivity contribution in [1.82, 2.24) is 0 Å². The van der Waals surface area contributed by atoms with Crippen molar-refractivity contribution in [2.45, 2.75) is 0 Å². The average molecular weight is 640 g/mol. The lowest BCUT2D eigenvalue weighted by Crippen LogP contribution is -2.10. The SMILES string of the molecule is c1ccc(-c2cccc(N(c3ccc(-c4ccc(-c5ccccc5-c5cc6ccccc6o5)cc4)cc3)c3ccc4ccccc4c3)c2)cc1. The number of rotatable bonds is 7. The molecule has 0 unspecified atom stereocenters. The molecular formula is C48H33NO. The van der Waals surface area contributed by atoms with Gasteiger partial charge in [-0.2, -0.15) is 0 Å². The van der Waals surface area contributed by atoms with Gasteiger partial charge in [-0.05, 0) is 92.7 Å². The smallest absolute Gasteiger partial charge is 0.136 e. The Morgan fingerprint density at radius 2 is 0.860 bits per heavy atom. The van der Waals surface area contributed by atoms with Crippen LogP contribution < -0.4 is 4.90 Å². The van der Waals surface area contributed by atoms with E-state index >= 15 is 0 Å². The first kappa shape index (κ1) is 29.5. The maximum absolute atomic E-state index is 6.25. The Morgan fingerprint density at radius 3 is 1.64 bits per heavy atom. The molecule has 0 amide bonds. The van der Waals surface area contributed by atoms with E-state index in [0.717, 1.165) is 50.5 Å². The Morgan fingerprint density at radius 1 is 0.300 bits per heavy atom. The summed E-state index contributed by atoms with van der Waals surface area (Å²) in [5.74, 6) is 0.881. The summed E-state index contributed by atoms with van der Waals surface area (Å²) in [6, 6.07) is 71.1. The van der Waals surface area contributed by atoms with Crippen LogP contribution in [0.25, 0.3) is 66.4 Å². The summed E-state index contributed by atoms with van der Waals surface area (Å²) in [5.41, 5.74) is 12.4. The van der Waals surface area contributed by atoms with Crippen LogP contribution in [0.15, 0.2) is 205 Å². The van der Waals surface area contributed by atoms with Crippen molar-refractivity contribution < 1.29 is 4.42 Å². The first-order chi connectivity index (χ1) is 24.8. The molecule has 1 heterocycles. The molecule has 236 valence electrons. The molecule has 0 aliphatic carbocycles. The fourth-order valence-electron chi connectivity index (χ4n) is 6.93. The molecule has 2 heteroatoms. The number of anilines is 3. The minimum absolute atomic E-state index is 0.881. The fraction of sp³-hybridized carbons (Fsp3) is 0. The van der Waals surface area contributed by atoms with Gasteiger partial charge in [0.05, 0.1) is 0 Å². The lowest BCUT2D eigenvalue weighted by Gasteiger charge is -2.26. The van der Waals surface area contributed by atoms with Crippen LogP contribution in [0.4, 0.5) is 17.1 Å². The van der Waals surface area contributed by atoms with E-state index in [1.807, 2.05) is 18.2 Å². The van der Waals surface area contributed by atoms with Crippen molar-refractivity contribution in [3.8, 4) is 44.7 Å². The summed E-state index contributed by atoms with van der Waals surface area (Å²) in [4.78, 5) is 2.35. The summed E-state index contributed by atoms with van der Waals surface area (Å²) < 4.78 is 6.25. The third-order valence-corrected chi connectivity index (χ3v) is 9.48. The van der Waals surface area contributed by atoms with Crippen LogP contribution in [0.3, 0.4) is 0 Å². The Kier molecular flexibility index (Phi) is 7.53. The van der Waals surface area contributed by atoms with Crippen molar-refractivity contribution in [3.63, 3.8) is 0 Å². The van der Waals surface area contributed by atoms with Gasteiger partial charge in [-0.3, -0.25) is 0 Å². The highest BCUT2D eigenvalue weighted by Crippen LogP contribution is 2.40. The van der Waals surface area contributed by atoms with Crippen LogP contribution >= 0.6 is 0 Å². The monoisotopic (exact) mass is 639 g/mol. The third-order valence-electron chi connectivity index (χ3n) is 9.48. The largest absolute Gasteiger partial charge is 0.456 e. The molecule has 0 saturated heterocycles. The van der Waals surface area contributed by atoms with Crippen LogP contribution in [0.5, 0.6) is 0 Å². The standard InChI is InChI=1S/C48H33NO/c1-2-11-34(12-3-1)40-16-10-17-43(31-40)49(44-30-27-35-13-4-5-14-39(35)32-44)42-28-25-37(26-29-42)36-21-23-38(24-22-36)45-18-7-8-19-46(45)48-33-41-15-6-9-20-47(41)50-48/h1-33H. The van der Waals surface area contributed by atoms with E-state index in [4.69, 9.17) is 4.42 Å². The maximum Gasteiger partial charge on any atom is 0.136 e. The molecule has 0 radical (unpaired) electrons. The van der Waals surface area contributed by atoms with E-state index < -0.39 is 0 Å². The summed E-state index contributed by atoms with van der Waals surface area (Å²) in [6.07, 6.45) is 0. The van der Waals surface area contributed by atoms with Crippen molar-refractivity contribution >= 4 is 38.8 Å². The van der Waals surface area contributed by atoms with Crippen LogP contribution in [-0.2, 0) is 0 Å². The van der Waals surface area contributed by atoms with Gasteiger partial charge in [0.25, 0.3) is 0 Å². The molecule has 0 spiro atoms. The van der Waals surface area contributed by atoms with Crippen LogP contribution in [-0.4, -0.2) is 0 Å². The van der Waals surface area contributed by atoms with E-state index in [9.17, 15) is 0 Å². The second-order valence-corrected chi connectivity index (χ2v) is 12.6. The summed E-state index contributed by atoms with van der Waals surface area (Å²) >= 11 is 0. The van der Waals surface area contributed by atoms with E-state index in [-0.39, 0.29) is 0 Å². The zero-order valence-electron chi connectivity index (χ0n) is 27.4. The van der Waals surface area contributed by atoms with Crippen LogP contribution in [0.2, 0.25) is 0 Å². The van der Waals surface area contributed by atoms with Gasteiger partial charge in [0.2, 0.25) is 0 Å². The minimum atomic E-state index is 0.881. The van der Waals surface area contributed by atoms with Crippen molar-refractivity contribution in [3.05, 3.63) is 200 Å². The van der Waals surface area contributed by atoms with Gasteiger partial charge in [-0.1, -0.05) is 152 Å². The highest BCUT2D eigenvalue weighted by molar-refractivity contribution is 5.91. The van der Waals surface area contributed by atoms with Gasteiger partial charge in [0.15, 0.2) is 0 Å². The van der Waals surface area contributed by atoms with Crippen molar-refractivity contribution in [2.24, 2.45) is 0 Å². The number of fused-ring (bicyclic) bond motifs is 2. The van der Waals surface area contributed by atoms with Gasteiger partial charge >= 0.3 is 0 Å². The van der Waals surface area contributed by atoms with E-state index in [0.29, 0.717) is 0 Å². The quantitative estimate of drug-likeness (QED) is 0.173. The zero-order chi connectivity index (χ0) is 33.3. The number of nitrogens with zero attached hydrogens (tertiary/aromatic N) is 1. The molecule has 0 fully saturated rings. The summed E-state index contributed by atoms with van der Waals surface area (Å²) in [5, 5.41) is 3.56. The Bertz CT molecular complexity index is 2550. The molecule has 0 bridgehead atoms. The minimum Gasteiger partial charge on any atom is -0.456 e. The molecule has 9 aromatic rings. The van der Waals surface area contributed by atoms with Crippen LogP contribution in [0.1, 0.15) is 0 Å². The predicted molar refractivity (Wildman–Crippen MR) is 210 cm³/mol. The fourth-order valence-corrected chi connectivity index (χ4v) is 6.93. The Balaban J connectivity index is 1.06. The molecule has 9 rings (SSSR count). The van der Waals surface area contributed by atoms with Crippen molar-refractivity contribution in [1.29, 1.82) is 0 Å². The molecule has 2 nitrogen and oxygen atoms in total. The summed E-state index contributed by atoms with van der Waals surface area (Å²) in [7, 11) is 0. The molecule has 0 N–H and O–H groups in total. The first-order valence-corrected chi connectivity index (χ1v) is 17.0. The molecule has 0 aliphatic heterocycles. The highest BCUT2D eigenvalue weighted by Gasteiger charge is 2.16. The van der Waals surface area contributed by atoms with E-state index in [1.54, 1.807) is 0 Å². The van der Waals surface area contributed by atoms with Gasteiger partial charge in [-0.15, -0.1) is 0 Å².